The van der Waals surface area contributed by atoms with Crippen LogP contribution >= 0.6 is 0 Å². The molecule has 6 bridgehead atoms. The predicted molar refractivity (Wildman–Crippen MR) is 109 cm³/mol. The van der Waals surface area contributed by atoms with E-state index < -0.39 is 77.9 Å². The Hall–Kier alpha value is -1.67. The molecule has 0 amide bonds. The Kier molecular flexibility index (Phi) is 4.81. The number of rotatable bonds is 6. The highest BCUT2D eigenvalue weighted by atomic mass is 16.8. The molecule has 4 aliphatic heterocycles. The molecule has 11 atom stereocenters. The minimum absolute atomic E-state index is 0.0902. The average molecular weight is 480 g/mol. The van der Waals surface area contributed by atoms with Crippen LogP contribution in [0, 0.1) is 11.3 Å². The quantitative estimate of drug-likeness (QED) is 0.306. The van der Waals surface area contributed by atoms with Gasteiger partial charge in [0.2, 0.25) is 0 Å². The van der Waals surface area contributed by atoms with Crippen LogP contribution in [-0.4, -0.2) is 98.7 Å². The fourth-order valence-corrected chi connectivity index (χ4v) is 6.87. The first-order chi connectivity index (χ1) is 16.1. The fourth-order valence-electron chi connectivity index (χ4n) is 6.87. The molecule has 8 rings (SSSR count). The number of ether oxygens (including phenoxy) is 5. The lowest BCUT2D eigenvalue weighted by Gasteiger charge is -2.67. The molecular formula is C23H28O11. The van der Waals surface area contributed by atoms with Crippen molar-refractivity contribution in [1.29, 1.82) is 0 Å². The van der Waals surface area contributed by atoms with Gasteiger partial charge >= 0.3 is 5.97 Å². The lowest BCUT2D eigenvalue weighted by Crippen LogP contribution is -2.80. The van der Waals surface area contributed by atoms with Gasteiger partial charge in [0.15, 0.2) is 18.4 Å². The van der Waals surface area contributed by atoms with Crippen molar-refractivity contribution in [3.63, 3.8) is 0 Å². The standard InChI is InChI=1S/C23H28O11/c1-20-9-22(29)13-7-23(20,32-18-16(27)15(26)14(25)12(8-24)31-18)21(13,19(33-20)34-22)10-30-17(28)11-5-3-2-4-6-11/h2-6,12-16,18-19,24-27,29H,7-10H2,1H3/t12?,13-,14?,15?,16?,18?,19-,20-,21?,22+,23?/m0/s1. The Labute approximate surface area is 194 Å². The summed E-state index contributed by atoms with van der Waals surface area (Å²) in [7, 11) is 0. The number of hydrogen-bond acceptors (Lipinski definition) is 11. The van der Waals surface area contributed by atoms with Gasteiger partial charge in [-0.3, -0.25) is 0 Å². The summed E-state index contributed by atoms with van der Waals surface area (Å²) >= 11 is 0. The second kappa shape index (κ2) is 7.19. The van der Waals surface area contributed by atoms with Crippen molar-refractivity contribution in [3.05, 3.63) is 35.9 Å². The van der Waals surface area contributed by atoms with E-state index in [2.05, 4.69) is 0 Å². The van der Waals surface area contributed by atoms with E-state index in [9.17, 15) is 30.3 Å². The maximum atomic E-state index is 12.7. The Balaban J connectivity index is 1.32. The molecule has 4 heterocycles. The van der Waals surface area contributed by atoms with Crippen LogP contribution in [-0.2, 0) is 23.7 Å². The van der Waals surface area contributed by atoms with Crippen LogP contribution in [0.25, 0.3) is 0 Å². The summed E-state index contributed by atoms with van der Waals surface area (Å²) in [6.07, 6.45) is -7.87. The third kappa shape index (κ3) is 2.59. The molecule has 1 aromatic rings. The topological polar surface area (TPSA) is 164 Å². The zero-order valence-corrected chi connectivity index (χ0v) is 18.4. The predicted octanol–water partition coefficient (Wildman–Crippen LogP) is -1.36. The molecule has 3 aliphatic carbocycles. The van der Waals surface area contributed by atoms with Crippen LogP contribution in [0.1, 0.15) is 30.1 Å². The van der Waals surface area contributed by atoms with Gasteiger partial charge in [-0.2, -0.15) is 0 Å². The van der Waals surface area contributed by atoms with Gasteiger partial charge in [0.25, 0.3) is 0 Å². The van der Waals surface area contributed by atoms with Crippen molar-refractivity contribution in [2.24, 2.45) is 11.3 Å². The van der Waals surface area contributed by atoms with Crippen molar-refractivity contribution in [2.75, 3.05) is 13.2 Å². The van der Waals surface area contributed by atoms with Crippen molar-refractivity contribution < 1.29 is 54.0 Å². The van der Waals surface area contributed by atoms with Gasteiger partial charge in [-0.1, -0.05) is 18.2 Å². The molecule has 186 valence electrons. The molecule has 34 heavy (non-hydrogen) atoms. The largest absolute Gasteiger partial charge is 0.461 e. The second-order valence-corrected chi connectivity index (χ2v) is 10.2. The molecule has 7 fully saturated rings. The van der Waals surface area contributed by atoms with E-state index in [0.717, 1.165) is 0 Å². The summed E-state index contributed by atoms with van der Waals surface area (Å²) < 4.78 is 29.7. The molecule has 11 heteroatoms. The zero-order valence-electron chi connectivity index (χ0n) is 18.4. The van der Waals surface area contributed by atoms with Gasteiger partial charge in [0, 0.05) is 12.3 Å². The summed E-state index contributed by atoms with van der Waals surface area (Å²) in [5, 5.41) is 51.7. The summed E-state index contributed by atoms with van der Waals surface area (Å²) in [6, 6.07) is 8.47. The van der Waals surface area contributed by atoms with E-state index in [1.807, 2.05) is 0 Å². The number of aliphatic hydroxyl groups excluding tert-OH is 4. The number of esters is 1. The lowest BCUT2D eigenvalue weighted by molar-refractivity contribution is -0.424. The Morgan fingerprint density at radius 1 is 1.12 bits per heavy atom. The first-order valence-corrected chi connectivity index (χ1v) is 11.4. The van der Waals surface area contributed by atoms with E-state index in [-0.39, 0.29) is 19.4 Å². The van der Waals surface area contributed by atoms with Gasteiger partial charge in [-0.25, -0.2) is 4.79 Å². The molecule has 11 nitrogen and oxygen atoms in total. The van der Waals surface area contributed by atoms with Crippen molar-refractivity contribution in [2.45, 2.75) is 73.8 Å². The minimum atomic E-state index is -1.61. The molecule has 0 spiro atoms. The van der Waals surface area contributed by atoms with Crippen molar-refractivity contribution in [3.8, 4) is 0 Å². The summed E-state index contributed by atoms with van der Waals surface area (Å²) in [5.41, 5.74) is -2.99. The van der Waals surface area contributed by atoms with E-state index >= 15 is 0 Å². The zero-order chi connectivity index (χ0) is 24.1. The molecule has 3 saturated carbocycles. The minimum Gasteiger partial charge on any atom is -0.461 e. The number of benzene rings is 1. The smallest absolute Gasteiger partial charge is 0.338 e. The third-order valence-electron chi connectivity index (χ3n) is 8.57. The summed E-state index contributed by atoms with van der Waals surface area (Å²) in [5.74, 6) is -2.49. The summed E-state index contributed by atoms with van der Waals surface area (Å²) in [4.78, 5) is 12.7. The van der Waals surface area contributed by atoms with E-state index in [1.54, 1.807) is 37.3 Å². The molecule has 1 aromatic carbocycles. The number of carbonyl (C=O) groups is 1. The van der Waals surface area contributed by atoms with Crippen LogP contribution in [0.15, 0.2) is 30.3 Å². The first-order valence-electron chi connectivity index (χ1n) is 11.4. The van der Waals surface area contributed by atoms with Crippen molar-refractivity contribution >= 4 is 5.97 Å². The SMILES string of the molecule is C[C@@]12C[C@@]3(O)O[C@H](O1)C1(COC(=O)c4ccccc4)[C@@H]3CC12OC1OC(CO)C(O)C(O)C1O. The van der Waals surface area contributed by atoms with Gasteiger partial charge < -0.3 is 49.2 Å². The van der Waals surface area contributed by atoms with Crippen LogP contribution in [0.4, 0.5) is 0 Å². The highest BCUT2D eigenvalue weighted by molar-refractivity contribution is 5.89. The molecule has 0 aromatic heterocycles. The maximum absolute atomic E-state index is 12.7. The van der Waals surface area contributed by atoms with E-state index in [1.165, 1.54) is 0 Å². The number of carbonyl (C=O) groups excluding carboxylic acids is 1. The highest BCUT2D eigenvalue weighted by Gasteiger charge is 2.94. The maximum Gasteiger partial charge on any atom is 0.338 e. The Bertz CT molecular complexity index is 988. The van der Waals surface area contributed by atoms with Crippen LogP contribution < -0.4 is 0 Å². The third-order valence-corrected chi connectivity index (χ3v) is 8.57. The van der Waals surface area contributed by atoms with E-state index in [0.29, 0.717) is 5.56 Å². The van der Waals surface area contributed by atoms with Crippen LogP contribution in [0.5, 0.6) is 0 Å². The molecule has 7 aliphatic rings. The van der Waals surface area contributed by atoms with Gasteiger partial charge in [-0.15, -0.1) is 0 Å². The highest BCUT2D eigenvalue weighted by Crippen LogP contribution is 2.81. The lowest BCUT2D eigenvalue weighted by atomic mass is 9.41. The molecule has 5 N–H and O–H groups in total. The van der Waals surface area contributed by atoms with E-state index in [4.69, 9.17) is 23.7 Å². The molecule has 4 saturated heterocycles. The molecular weight excluding hydrogens is 452 g/mol. The summed E-state index contributed by atoms with van der Waals surface area (Å²) in [6.45, 7) is 0.985. The monoisotopic (exact) mass is 480 g/mol. The van der Waals surface area contributed by atoms with Crippen LogP contribution in [0.3, 0.4) is 0 Å². The Morgan fingerprint density at radius 3 is 2.56 bits per heavy atom. The van der Waals surface area contributed by atoms with Crippen LogP contribution in [0.2, 0.25) is 0 Å². The second-order valence-electron chi connectivity index (χ2n) is 10.2. The van der Waals surface area contributed by atoms with Gasteiger partial charge in [0.05, 0.1) is 17.6 Å². The van der Waals surface area contributed by atoms with Crippen molar-refractivity contribution in [1.82, 2.24) is 0 Å². The van der Waals surface area contributed by atoms with Gasteiger partial charge in [0.1, 0.15) is 42.2 Å². The fraction of sp³-hybridized carbons (Fsp3) is 0.696. The first kappa shape index (κ1) is 22.8. The number of aliphatic hydroxyl groups is 5. The average Bonchev–Trinajstić information content (AvgIpc) is 3.00. The van der Waals surface area contributed by atoms with Gasteiger partial charge in [-0.05, 0) is 25.5 Å². The molecule has 0 radical (unpaired) electrons. The normalized spacial score (nSPS) is 52.5. The Morgan fingerprint density at radius 2 is 1.85 bits per heavy atom. The number of hydrogen-bond donors (Lipinski definition) is 5. The molecule has 7 unspecified atom stereocenters.